The average Bonchev–Trinajstić information content (AvgIpc) is 2.60. The maximum atomic E-state index is 10.7. The molecule has 1 N–H and O–H groups in total. The van der Waals surface area contributed by atoms with Crippen molar-refractivity contribution in [2.75, 3.05) is 0 Å². The van der Waals surface area contributed by atoms with Crippen LogP contribution in [0, 0.1) is 0 Å². The molecule has 0 saturated heterocycles. The number of aliphatic carboxylic acids is 1. The molecule has 0 saturated carbocycles. The van der Waals surface area contributed by atoms with Gasteiger partial charge in [-0.1, -0.05) is 44.2 Å². The molecule has 1 aromatic carbocycles. The molecular weight excluding hydrogens is 200 g/mol. The van der Waals surface area contributed by atoms with Gasteiger partial charge in [0.15, 0.2) is 0 Å². The van der Waals surface area contributed by atoms with Gasteiger partial charge in [0.1, 0.15) is 0 Å². The molecule has 1 atom stereocenters. The zero-order valence-electron chi connectivity index (χ0n) is 9.60. The van der Waals surface area contributed by atoms with Gasteiger partial charge >= 0.3 is 5.97 Å². The number of hydrogen-bond acceptors (Lipinski definition) is 1. The normalized spacial score (nSPS) is 17.8. The number of hydrogen-bond donors (Lipinski definition) is 1. The number of fused-ring (bicyclic) bond motifs is 1. The minimum absolute atomic E-state index is 0.0497. The van der Waals surface area contributed by atoms with E-state index < -0.39 is 5.97 Å². The van der Waals surface area contributed by atoms with Crippen LogP contribution in [-0.2, 0) is 4.79 Å². The molecule has 0 bridgehead atoms. The van der Waals surface area contributed by atoms with Crippen molar-refractivity contribution < 1.29 is 9.90 Å². The lowest BCUT2D eigenvalue weighted by Crippen LogP contribution is -2.03. The summed E-state index contributed by atoms with van der Waals surface area (Å²) in [5.74, 6) is -0.179. The summed E-state index contributed by atoms with van der Waals surface area (Å²) < 4.78 is 0. The number of allylic oxidation sites excluding steroid dienone is 1. The van der Waals surface area contributed by atoms with E-state index in [1.165, 1.54) is 11.1 Å². The van der Waals surface area contributed by atoms with Crippen LogP contribution in [0.3, 0.4) is 0 Å². The van der Waals surface area contributed by atoms with Crippen LogP contribution in [0.15, 0.2) is 24.3 Å². The highest BCUT2D eigenvalue weighted by Crippen LogP contribution is 2.34. The summed E-state index contributed by atoms with van der Waals surface area (Å²) in [5.41, 5.74) is 3.63. The smallest absolute Gasteiger partial charge is 0.304 e. The van der Waals surface area contributed by atoms with Gasteiger partial charge in [0, 0.05) is 5.92 Å². The summed E-state index contributed by atoms with van der Waals surface area (Å²) in [7, 11) is 0. The first-order chi connectivity index (χ1) is 7.58. The van der Waals surface area contributed by atoms with Crippen molar-refractivity contribution in [2.45, 2.75) is 32.1 Å². The minimum Gasteiger partial charge on any atom is -0.481 e. The fraction of sp³-hybridized carbons (Fsp3) is 0.357. The SMILES string of the molecule is CC(C)c1ccc2c(c1)C=CC2CC(=O)O. The summed E-state index contributed by atoms with van der Waals surface area (Å²) in [6.45, 7) is 4.32. The van der Waals surface area contributed by atoms with Gasteiger partial charge in [-0.25, -0.2) is 0 Å². The van der Waals surface area contributed by atoms with E-state index in [0.29, 0.717) is 5.92 Å². The topological polar surface area (TPSA) is 37.3 Å². The third-order valence-corrected chi connectivity index (χ3v) is 3.08. The number of carboxylic acids is 1. The summed E-state index contributed by atoms with van der Waals surface area (Å²) in [5, 5.41) is 8.81. The summed E-state index contributed by atoms with van der Waals surface area (Å²) in [4.78, 5) is 10.7. The molecule has 2 heteroatoms. The Morgan fingerprint density at radius 1 is 1.44 bits per heavy atom. The molecule has 0 aliphatic heterocycles. The van der Waals surface area contributed by atoms with Crippen molar-refractivity contribution in [2.24, 2.45) is 0 Å². The van der Waals surface area contributed by atoms with Gasteiger partial charge in [0.05, 0.1) is 6.42 Å². The maximum Gasteiger partial charge on any atom is 0.304 e. The molecule has 0 fully saturated rings. The second-order valence-electron chi connectivity index (χ2n) is 4.61. The van der Waals surface area contributed by atoms with E-state index in [4.69, 9.17) is 5.11 Å². The van der Waals surface area contributed by atoms with E-state index in [0.717, 1.165) is 5.56 Å². The highest BCUT2D eigenvalue weighted by atomic mass is 16.4. The molecule has 1 aliphatic carbocycles. The van der Waals surface area contributed by atoms with Crippen LogP contribution in [0.25, 0.3) is 6.08 Å². The molecule has 16 heavy (non-hydrogen) atoms. The van der Waals surface area contributed by atoms with Gasteiger partial charge in [0.2, 0.25) is 0 Å². The summed E-state index contributed by atoms with van der Waals surface area (Å²) in [6, 6.07) is 6.34. The van der Waals surface area contributed by atoms with Crippen LogP contribution in [0.4, 0.5) is 0 Å². The Labute approximate surface area is 95.6 Å². The van der Waals surface area contributed by atoms with Crippen LogP contribution < -0.4 is 0 Å². The second-order valence-corrected chi connectivity index (χ2v) is 4.61. The van der Waals surface area contributed by atoms with E-state index in [9.17, 15) is 4.79 Å². The maximum absolute atomic E-state index is 10.7. The molecule has 0 heterocycles. The van der Waals surface area contributed by atoms with Crippen LogP contribution in [0.1, 0.15) is 48.8 Å². The quantitative estimate of drug-likeness (QED) is 0.840. The first-order valence-corrected chi connectivity index (χ1v) is 5.61. The Bertz CT molecular complexity index is 444. The van der Waals surface area contributed by atoms with Crippen LogP contribution >= 0.6 is 0 Å². The lowest BCUT2D eigenvalue weighted by molar-refractivity contribution is -0.137. The van der Waals surface area contributed by atoms with Crippen LogP contribution in [-0.4, -0.2) is 11.1 Å². The van der Waals surface area contributed by atoms with Gasteiger partial charge < -0.3 is 5.11 Å². The average molecular weight is 216 g/mol. The first kappa shape index (κ1) is 10.9. The lowest BCUT2D eigenvalue weighted by Gasteiger charge is -2.11. The van der Waals surface area contributed by atoms with Crippen LogP contribution in [0.2, 0.25) is 0 Å². The monoisotopic (exact) mass is 216 g/mol. The van der Waals surface area contributed by atoms with Crippen LogP contribution in [0.5, 0.6) is 0 Å². The van der Waals surface area contributed by atoms with E-state index in [-0.39, 0.29) is 12.3 Å². The Kier molecular flexibility index (Phi) is 2.82. The Morgan fingerprint density at radius 3 is 2.81 bits per heavy atom. The second kappa shape index (κ2) is 4.12. The van der Waals surface area contributed by atoms with Gasteiger partial charge in [-0.2, -0.15) is 0 Å². The van der Waals surface area contributed by atoms with Gasteiger partial charge in [-0.05, 0) is 22.6 Å². The molecule has 1 unspecified atom stereocenters. The van der Waals surface area contributed by atoms with Crippen molar-refractivity contribution >= 4 is 12.0 Å². The third kappa shape index (κ3) is 2.01. The first-order valence-electron chi connectivity index (χ1n) is 5.61. The molecule has 84 valence electrons. The molecule has 1 aromatic rings. The summed E-state index contributed by atoms with van der Waals surface area (Å²) in [6.07, 6.45) is 4.21. The molecule has 0 radical (unpaired) electrons. The highest BCUT2D eigenvalue weighted by molar-refractivity contribution is 5.72. The summed E-state index contributed by atoms with van der Waals surface area (Å²) >= 11 is 0. The highest BCUT2D eigenvalue weighted by Gasteiger charge is 2.20. The molecule has 0 amide bonds. The van der Waals surface area contributed by atoms with Gasteiger partial charge in [-0.3, -0.25) is 4.79 Å². The van der Waals surface area contributed by atoms with Crippen molar-refractivity contribution in [3.63, 3.8) is 0 Å². The largest absolute Gasteiger partial charge is 0.481 e. The van der Waals surface area contributed by atoms with Crippen molar-refractivity contribution in [3.05, 3.63) is 41.0 Å². The van der Waals surface area contributed by atoms with E-state index in [2.05, 4.69) is 32.0 Å². The zero-order chi connectivity index (χ0) is 11.7. The number of benzene rings is 1. The van der Waals surface area contributed by atoms with Crippen molar-refractivity contribution in [3.8, 4) is 0 Å². The lowest BCUT2D eigenvalue weighted by atomic mass is 9.93. The van der Waals surface area contributed by atoms with Gasteiger partial charge in [0.25, 0.3) is 0 Å². The fourth-order valence-corrected chi connectivity index (χ4v) is 2.12. The molecule has 2 nitrogen and oxygen atoms in total. The van der Waals surface area contributed by atoms with E-state index >= 15 is 0 Å². The Morgan fingerprint density at radius 2 is 2.19 bits per heavy atom. The number of carboxylic acid groups (broad SMARTS) is 1. The zero-order valence-corrected chi connectivity index (χ0v) is 9.60. The number of rotatable bonds is 3. The predicted octanol–water partition coefficient (Wildman–Crippen LogP) is 3.40. The van der Waals surface area contributed by atoms with E-state index in [1.54, 1.807) is 0 Å². The Hall–Kier alpha value is -1.57. The van der Waals surface area contributed by atoms with Crippen molar-refractivity contribution in [1.82, 2.24) is 0 Å². The standard InChI is InChI=1S/C14H16O2/c1-9(2)10-5-6-13-11(7-10)3-4-12(13)8-14(15)16/h3-7,9,12H,8H2,1-2H3,(H,15,16). The molecular formula is C14H16O2. The van der Waals surface area contributed by atoms with Crippen molar-refractivity contribution in [1.29, 1.82) is 0 Å². The minimum atomic E-state index is -0.740. The fourth-order valence-electron chi connectivity index (χ4n) is 2.12. The number of carbonyl (C=O) groups is 1. The van der Waals surface area contributed by atoms with E-state index in [1.807, 2.05) is 12.2 Å². The molecule has 1 aliphatic rings. The molecule has 0 spiro atoms. The molecule has 0 aromatic heterocycles. The third-order valence-electron chi connectivity index (χ3n) is 3.08. The Balaban J connectivity index is 2.29. The predicted molar refractivity (Wildman–Crippen MR) is 64.6 cm³/mol. The molecule has 2 rings (SSSR count). The van der Waals surface area contributed by atoms with Gasteiger partial charge in [-0.15, -0.1) is 0 Å².